The largest absolute Gasteiger partial charge is 0.476 e. The van der Waals surface area contributed by atoms with Gasteiger partial charge in [0.1, 0.15) is 11.6 Å². The first-order valence-electron chi connectivity index (χ1n) is 7.20. The van der Waals surface area contributed by atoms with Crippen LogP contribution in [0.3, 0.4) is 0 Å². The molecule has 1 amide bonds. The molecule has 1 aliphatic carbocycles. The number of rotatable bonds is 5. The predicted octanol–water partition coefficient (Wildman–Crippen LogP) is 4.53. The van der Waals surface area contributed by atoms with E-state index in [0.29, 0.717) is 21.4 Å². The van der Waals surface area contributed by atoms with Gasteiger partial charge in [-0.1, -0.05) is 35.3 Å². The Bertz CT molecular complexity index is 717. The van der Waals surface area contributed by atoms with E-state index < -0.39 is 6.10 Å². The molecule has 0 heterocycles. The molecular formula is C17H14Cl2FNO2. The molecule has 23 heavy (non-hydrogen) atoms. The third-order valence-electron chi connectivity index (χ3n) is 3.48. The van der Waals surface area contributed by atoms with Gasteiger partial charge in [0.05, 0.1) is 10.0 Å². The van der Waals surface area contributed by atoms with Crippen LogP contribution in [0.1, 0.15) is 24.5 Å². The molecule has 0 spiro atoms. The molecule has 1 aliphatic rings. The zero-order valence-corrected chi connectivity index (χ0v) is 13.6. The molecule has 120 valence electrons. The van der Waals surface area contributed by atoms with Crippen LogP contribution in [0.25, 0.3) is 0 Å². The fourth-order valence-corrected chi connectivity index (χ4v) is 2.39. The fraction of sp³-hybridized carbons (Fsp3) is 0.235. The number of nitrogens with one attached hydrogen (secondary N) is 1. The maximum Gasteiger partial charge on any atom is 0.266 e. The first-order chi connectivity index (χ1) is 11.0. The summed E-state index contributed by atoms with van der Waals surface area (Å²) < 4.78 is 18.9. The molecule has 3 rings (SSSR count). The highest BCUT2D eigenvalue weighted by Gasteiger charge is 2.29. The van der Waals surface area contributed by atoms with Crippen molar-refractivity contribution < 1.29 is 13.9 Å². The van der Waals surface area contributed by atoms with Gasteiger partial charge in [0, 0.05) is 17.7 Å². The monoisotopic (exact) mass is 353 g/mol. The number of ether oxygens (including phenoxy) is 1. The third-order valence-corrected chi connectivity index (χ3v) is 4.22. The maximum atomic E-state index is 13.1. The van der Waals surface area contributed by atoms with E-state index in [1.807, 2.05) is 0 Å². The summed E-state index contributed by atoms with van der Waals surface area (Å²) in [6.07, 6.45) is 1.05. The maximum absolute atomic E-state index is 13.1. The van der Waals surface area contributed by atoms with Gasteiger partial charge in [-0.2, -0.15) is 0 Å². The minimum Gasteiger partial charge on any atom is -0.476 e. The first-order valence-corrected chi connectivity index (χ1v) is 7.96. The molecule has 1 atom stereocenters. The van der Waals surface area contributed by atoms with Crippen molar-refractivity contribution >= 4 is 29.1 Å². The highest BCUT2D eigenvalue weighted by Crippen LogP contribution is 2.30. The van der Waals surface area contributed by atoms with Gasteiger partial charge >= 0.3 is 0 Å². The number of carbonyl (C=O) groups is 1. The summed E-state index contributed by atoms with van der Waals surface area (Å²) in [5, 5.41) is 3.64. The van der Waals surface area contributed by atoms with Crippen LogP contribution in [0.15, 0.2) is 42.5 Å². The van der Waals surface area contributed by atoms with Crippen LogP contribution in [-0.4, -0.2) is 11.9 Å². The molecule has 2 aromatic carbocycles. The summed E-state index contributed by atoms with van der Waals surface area (Å²) in [5.41, 5.74) is 0.565. The molecule has 1 saturated carbocycles. The molecule has 0 radical (unpaired) electrons. The fourth-order valence-electron chi connectivity index (χ4n) is 2.10. The summed E-state index contributed by atoms with van der Waals surface area (Å²) in [4.78, 5) is 12.4. The Kier molecular flexibility index (Phi) is 4.74. The van der Waals surface area contributed by atoms with Crippen molar-refractivity contribution in [2.75, 3.05) is 0 Å². The number of benzene rings is 2. The average Bonchev–Trinajstić information content (AvgIpc) is 3.33. The zero-order valence-electron chi connectivity index (χ0n) is 12.1. The predicted molar refractivity (Wildman–Crippen MR) is 87.4 cm³/mol. The summed E-state index contributed by atoms with van der Waals surface area (Å²) in [6.45, 7) is 0. The number of halogens is 3. The minimum atomic E-state index is -0.881. The van der Waals surface area contributed by atoms with Crippen molar-refractivity contribution in [1.29, 1.82) is 0 Å². The number of hydrogen-bond donors (Lipinski definition) is 1. The summed E-state index contributed by atoms with van der Waals surface area (Å²) in [5.74, 6) is -0.213. The Balaban J connectivity index is 1.85. The van der Waals surface area contributed by atoms with Gasteiger partial charge in [-0.15, -0.1) is 0 Å². The summed E-state index contributed by atoms with van der Waals surface area (Å²) >= 11 is 11.9. The smallest absolute Gasteiger partial charge is 0.266 e. The molecule has 3 nitrogen and oxygen atoms in total. The van der Waals surface area contributed by atoms with Crippen LogP contribution in [0.2, 0.25) is 10.0 Å². The van der Waals surface area contributed by atoms with Gasteiger partial charge in [-0.05, 0) is 37.1 Å². The molecule has 0 aromatic heterocycles. The van der Waals surface area contributed by atoms with E-state index in [9.17, 15) is 9.18 Å². The zero-order chi connectivity index (χ0) is 16.4. The number of amides is 1. The summed E-state index contributed by atoms with van der Waals surface area (Å²) in [6, 6.07) is 10.6. The normalized spacial score (nSPS) is 15.1. The van der Waals surface area contributed by atoms with Gasteiger partial charge in [-0.25, -0.2) is 4.39 Å². The molecule has 0 saturated heterocycles. The molecule has 2 aromatic rings. The van der Waals surface area contributed by atoms with Crippen LogP contribution in [0.5, 0.6) is 5.75 Å². The lowest BCUT2D eigenvalue weighted by atomic mass is 10.1. The number of carbonyl (C=O) groups excluding carboxylic acids is 1. The van der Waals surface area contributed by atoms with E-state index in [1.165, 1.54) is 24.3 Å². The standard InChI is InChI=1S/C17H14Cl2FNO2/c18-14-8-7-13(9-15(14)19)23-16(17(22)21-12-5-6-12)10-1-3-11(20)4-2-10/h1-4,7-9,12,16H,5-6H2,(H,21,22)/t16-/m1/s1. The lowest BCUT2D eigenvalue weighted by molar-refractivity contribution is -0.128. The average molecular weight is 354 g/mol. The van der Waals surface area contributed by atoms with E-state index in [4.69, 9.17) is 27.9 Å². The van der Waals surface area contributed by atoms with Gasteiger partial charge in [0.2, 0.25) is 6.10 Å². The Morgan fingerprint density at radius 1 is 1.13 bits per heavy atom. The molecule has 1 N–H and O–H groups in total. The molecular weight excluding hydrogens is 340 g/mol. The topological polar surface area (TPSA) is 38.3 Å². The Hall–Kier alpha value is -1.78. The van der Waals surface area contributed by atoms with Crippen LogP contribution < -0.4 is 10.1 Å². The van der Waals surface area contributed by atoms with Crippen molar-refractivity contribution in [2.24, 2.45) is 0 Å². The second-order valence-corrected chi connectivity index (χ2v) is 6.22. The van der Waals surface area contributed by atoms with E-state index in [2.05, 4.69) is 5.32 Å². The Morgan fingerprint density at radius 3 is 2.43 bits per heavy atom. The van der Waals surface area contributed by atoms with E-state index >= 15 is 0 Å². The first kappa shape index (κ1) is 16.1. The molecule has 6 heteroatoms. The molecule has 0 unspecified atom stereocenters. The van der Waals surface area contributed by atoms with E-state index in [1.54, 1.807) is 18.2 Å². The highest BCUT2D eigenvalue weighted by molar-refractivity contribution is 6.42. The van der Waals surface area contributed by atoms with Gasteiger partial charge in [0.15, 0.2) is 0 Å². The Morgan fingerprint density at radius 2 is 1.83 bits per heavy atom. The minimum absolute atomic E-state index is 0.197. The van der Waals surface area contributed by atoms with Crippen LogP contribution in [0, 0.1) is 5.82 Å². The Labute approximate surface area is 143 Å². The molecule has 1 fully saturated rings. The molecule has 0 aliphatic heterocycles. The quantitative estimate of drug-likeness (QED) is 0.857. The lowest BCUT2D eigenvalue weighted by Gasteiger charge is -2.19. The van der Waals surface area contributed by atoms with Gasteiger partial charge in [0.25, 0.3) is 5.91 Å². The van der Waals surface area contributed by atoms with Crippen molar-refractivity contribution in [3.05, 3.63) is 63.9 Å². The van der Waals surface area contributed by atoms with Crippen molar-refractivity contribution in [1.82, 2.24) is 5.32 Å². The van der Waals surface area contributed by atoms with Crippen molar-refractivity contribution in [3.63, 3.8) is 0 Å². The lowest BCUT2D eigenvalue weighted by Crippen LogP contribution is -2.33. The second-order valence-electron chi connectivity index (χ2n) is 5.41. The second kappa shape index (κ2) is 6.77. The SMILES string of the molecule is O=C(NC1CC1)[C@H](Oc1ccc(Cl)c(Cl)c1)c1ccc(F)cc1. The van der Waals surface area contributed by atoms with Gasteiger partial charge < -0.3 is 10.1 Å². The molecule has 0 bridgehead atoms. The van der Waals surface area contributed by atoms with Crippen molar-refractivity contribution in [3.8, 4) is 5.75 Å². The number of hydrogen-bond acceptors (Lipinski definition) is 2. The van der Waals surface area contributed by atoms with E-state index in [-0.39, 0.29) is 17.8 Å². The third kappa shape index (κ3) is 4.15. The van der Waals surface area contributed by atoms with E-state index in [0.717, 1.165) is 12.8 Å². The van der Waals surface area contributed by atoms with Crippen LogP contribution in [-0.2, 0) is 4.79 Å². The van der Waals surface area contributed by atoms with Gasteiger partial charge in [-0.3, -0.25) is 4.79 Å². The highest BCUT2D eigenvalue weighted by atomic mass is 35.5. The summed E-state index contributed by atoms with van der Waals surface area (Å²) in [7, 11) is 0. The van der Waals surface area contributed by atoms with Crippen molar-refractivity contribution in [2.45, 2.75) is 25.0 Å². The van der Waals surface area contributed by atoms with Crippen LogP contribution in [0.4, 0.5) is 4.39 Å². The van der Waals surface area contributed by atoms with Crippen LogP contribution >= 0.6 is 23.2 Å².